The zero-order valence-electron chi connectivity index (χ0n) is 13.9. The molecule has 122 valence electrons. The summed E-state index contributed by atoms with van der Waals surface area (Å²) in [6.45, 7) is 2.06. The predicted octanol–water partition coefficient (Wildman–Crippen LogP) is 4.01. The summed E-state index contributed by atoms with van der Waals surface area (Å²) in [5, 5.41) is 5.40. The van der Waals surface area contributed by atoms with Gasteiger partial charge in [0, 0.05) is 5.39 Å². The van der Waals surface area contributed by atoms with Crippen LogP contribution in [0.5, 0.6) is 11.5 Å². The predicted molar refractivity (Wildman–Crippen MR) is 97.2 cm³/mol. The normalized spacial score (nSPS) is 11.0. The Morgan fingerprint density at radius 3 is 2.58 bits per heavy atom. The molecule has 0 spiro atoms. The molecule has 5 nitrogen and oxygen atoms in total. The van der Waals surface area contributed by atoms with Crippen LogP contribution in [0.25, 0.3) is 10.9 Å². The average molecular weight is 321 g/mol. The maximum atomic E-state index is 5.29. The third kappa shape index (κ3) is 3.30. The van der Waals surface area contributed by atoms with Crippen LogP contribution in [0.1, 0.15) is 11.1 Å². The van der Waals surface area contributed by atoms with Gasteiger partial charge in [-0.2, -0.15) is 5.10 Å². The molecule has 1 N–H and O–H groups in total. The van der Waals surface area contributed by atoms with Gasteiger partial charge in [-0.1, -0.05) is 18.2 Å². The van der Waals surface area contributed by atoms with Gasteiger partial charge in [-0.3, -0.25) is 5.43 Å². The number of benzene rings is 2. The molecule has 3 rings (SSSR count). The van der Waals surface area contributed by atoms with Crippen molar-refractivity contribution in [2.24, 2.45) is 5.10 Å². The number of aromatic nitrogens is 1. The van der Waals surface area contributed by atoms with E-state index in [4.69, 9.17) is 9.47 Å². The number of nitrogens with zero attached hydrogens (tertiary/aromatic N) is 2. The van der Waals surface area contributed by atoms with Gasteiger partial charge in [-0.15, -0.1) is 0 Å². The molecule has 5 heteroatoms. The van der Waals surface area contributed by atoms with Gasteiger partial charge >= 0.3 is 0 Å². The molecule has 0 aliphatic carbocycles. The van der Waals surface area contributed by atoms with Crippen LogP contribution in [0.4, 0.5) is 5.82 Å². The quantitative estimate of drug-likeness (QED) is 0.570. The van der Waals surface area contributed by atoms with Gasteiger partial charge in [0.1, 0.15) is 5.82 Å². The van der Waals surface area contributed by atoms with Crippen LogP contribution in [-0.4, -0.2) is 25.4 Å². The van der Waals surface area contributed by atoms with Crippen molar-refractivity contribution < 1.29 is 9.47 Å². The first-order valence-corrected chi connectivity index (χ1v) is 7.59. The van der Waals surface area contributed by atoms with Gasteiger partial charge in [-0.25, -0.2) is 4.98 Å². The molecule has 24 heavy (non-hydrogen) atoms. The monoisotopic (exact) mass is 321 g/mol. The van der Waals surface area contributed by atoms with Gasteiger partial charge in [0.2, 0.25) is 0 Å². The minimum absolute atomic E-state index is 0.668. The van der Waals surface area contributed by atoms with Gasteiger partial charge in [0.05, 0.1) is 26.0 Å². The van der Waals surface area contributed by atoms with Crippen LogP contribution < -0.4 is 14.9 Å². The first-order chi connectivity index (χ1) is 11.7. The number of ether oxygens (including phenoxy) is 2. The maximum absolute atomic E-state index is 5.29. The highest BCUT2D eigenvalue weighted by atomic mass is 16.5. The maximum Gasteiger partial charge on any atom is 0.161 e. The fourth-order valence-corrected chi connectivity index (χ4v) is 2.51. The zero-order valence-corrected chi connectivity index (χ0v) is 13.9. The average Bonchev–Trinajstić information content (AvgIpc) is 2.61. The number of aryl methyl sites for hydroxylation is 1. The van der Waals surface area contributed by atoms with Crippen molar-refractivity contribution in [2.75, 3.05) is 19.6 Å². The number of pyridine rings is 1. The molecule has 0 aliphatic rings. The van der Waals surface area contributed by atoms with E-state index in [0.29, 0.717) is 17.3 Å². The van der Waals surface area contributed by atoms with E-state index in [0.717, 1.165) is 22.0 Å². The summed E-state index contributed by atoms with van der Waals surface area (Å²) in [5.74, 6) is 2.07. The summed E-state index contributed by atoms with van der Waals surface area (Å²) in [5.41, 5.74) is 5.98. The summed E-state index contributed by atoms with van der Waals surface area (Å²) in [6.07, 6.45) is 1.72. The Morgan fingerprint density at radius 1 is 1.00 bits per heavy atom. The summed E-state index contributed by atoms with van der Waals surface area (Å²) in [6, 6.07) is 15.6. The third-order valence-electron chi connectivity index (χ3n) is 3.72. The Balaban J connectivity index is 1.79. The van der Waals surface area contributed by atoms with Crippen LogP contribution in [-0.2, 0) is 0 Å². The topological polar surface area (TPSA) is 55.7 Å². The third-order valence-corrected chi connectivity index (χ3v) is 3.72. The molecule has 0 atom stereocenters. The number of hydrogen-bond acceptors (Lipinski definition) is 5. The summed E-state index contributed by atoms with van der Waals surface area (Å²) >= 11 is 0. The molecular weight excluding hydrogens is 302 g/mol. The second kappa shape index (κ2) is 7.00. The van der Waals surface area contributed by atoms with Crippen LogP contribution >= 0.6 is 0 Å². The van der Waals surface area contributed by atoms with E-state index in [1.807, 2.05) is 42.5 Å². The van der Waals surface area contributed by atoms with Crippen molar-refractivity contribution in [1.29, 1.82) is 0 Å². The largest absolute Gasteiger partial charge is 0.493 e. The van der Waals surface area contributed by atoms with E-state index in [1.165, 1.54) is 0 Å². The number of methoxy groups -OCH3 is 2. The van der Waals surface area contributed by atoms with Crippen molar-refractivity contribution in [1.82, 2.24) is 4.98 Å². The number of fused-ring (bicyclic) bond motifs is 1. The summed E-state index contributed by atoms with van der Waals surface area (Å²) in [4.78, 5) is 4.56. The smallest absolute Gasteiger partial charge is 0.161 e. The minimum Gasteiger partial charge on any atom is -0.493 e. The molecule has 3 aromatic rings. The van der Waals surface area contributed by atoms with E-state index in [-0.39, 0.29) is 0 Å². The van der Waals surface area contributed by atoms with E-state index in [2.05, 4.69) is 28.5 Å². The lowest BCUT2D eigenvalue weighted by molar-refractivity contribution is 0.355. The number of rotatable bonds is 5. The number of hydrogen-bond donors (Lipinski definition) is 1. The molecule has 0 radical (unpaired) electrons. The fraction of sp³-hybridized carbons (Fsp3) is 0.158. The molecule has 0 aliphatic heterocycles. The van der Waals surface area contributed by atoms with Crippen molar-refractivity contribution >= 4 is 22.9 Å². The second-order valence-corrected chi connectivity index (χ2v) is 5.33. The molecule has 0 unspecified atom stereocenters. The van der Waals surface area contributed by atoms with Crippen LogP contribution in [0.15, 0.2) is 53.6 Å². The lowest BCUT2D eigenvalue weighted by atomic mass is 10.1. The number of anilines is 1. The minimum atomic E-state index is 0.668. The molecule has 0 saturated carbocycles. The molecule has 2 aromatic carbocycles. The van der Waals surface area contributed by atoms with Crippen molar-refractivity contribution in [3.8, 4) is 11.5 Å². The Kier molecular flexibility index (Phi) is 4.61. The Morgan fingerprint density at radius 2 is 1.79 bits per heavy atom. The highest BCUT2D eigenvalue weighted by molar-refractivity contribution is 5.84. The van der Waals surface area contributed by atoms with Crippen LogP contribution in [0.3, 0.4) is 0 Å². The van der Waals surface area contributed by atoms with Gasteiger partial charge < -0.3 is 9.47 Å². The van der Waals surface area contributed by atoms with E-state index in [1.54, 1.807) is 20.4 Å². The molecule has 0 fully saturated rings. The molecule has 1 heterocycles. The Labute approximate surface area is 140 Å². The highest BCUT2D eigenvalue weighted by Gasteiger charge is 2.03. The first kappa shape index (κ1) is 15.8. The number of hydrazone groups is 1. The standard InChI is InChI=1S/C19H19N3O2/c1-13-10-19(21-16-7-5-4-6-15(13)16)22-20-12-14-8-9-17(23-2)18(11-14)24-3/h4-12H,1-3H3,(H,21,22). The zero-order chi connectivity index (χ0) is 16.9. The van der Waals surface area contributed by atoms with E-state index in [9.17, 15) is 0 Å². The molecule has 1 aromatic heterocycles. The summed E-state index contributed by atoms with van der Waals surface area (Å²) < 4.78 is 10.5. The van der Waals surface area contributed by atoms with Crippen molar-refractivity contribution in [3.63, 3.8) is 0 Å². The lowest BCUT2D eigenvalue weighted by Gasteiger charge is -2.07. The van der Waals surface area contributed by atoms with Gasteiger partial charge in [-0.05, 0) is 48.4 Å². The molecule has 0 saturated heterocycles. The number of para-hydroxylation sites is 1. The molecular formula is C19H19N3O2. The van der Waals surface area contributed by atoms with E-state index < -0.39 is 0 Å². The van der Waals surface area contributed by atoms with Crippen molar-refractivity contribution in [2.45, 2.75) is 6.92 Å². The van der Waals surface area contributed by atoms with Crippen LogP contribution in [0.2, 0.25) is 0 Å². The lowest BCUT2D eigenvalue weighted by Crippen LogP contribution is -1.96. The Hall–Kier alpha value is -3.08. The van der Waals surface area contributed by atoms with Crippen molar-refractivity contribution in [3.05, 3.63) is 59.7 Å². The molecule has 0 amide bonds. The first-order valence-electron chi connectivity index (χ1n) is 7.59. The molecule has 0 bridgehead atoms. The van der Waals surface area contributed by atoms with E-state index >= 15 is 0 Å². The Bertz CT molecular complexity index is 891. The number of nitrogens with one attached hydrogen (secondary N) is 1. The highest BCUT2D eigenvalue weighted by Crippen LogP contribution is 2.27. The SMILES string of the molecule is COc1ccc(C=NNc2cc(C)c3ccccc3n2)cc1OC. The summed E-state index contributed by atoms with van der Waals surface area (Å²) in [7, 11) is 3.22. The second-order valence-electron chi connectivity index (χ2n) is 5.33. The fourth-order valence-electron chi connectivity index (χ4n) is 2.51. The van der Waals surface area contributed by atoms with Crippen LogP contribution in [0, 0.1) is 6.92 Å². The van der Waals surface area contributed by atoms with Gasteiger partial charge in [0.15, 0.2) is 11.5 Å². The van der Waals surface area contributed by atoms with Gasteiger partial charge in [0.25, 0.3) is 0 Å².